The summed E-state index contributed by atoms with van der Waals surface area (Å²) in [7, 11) is 0. The second-order valence-electron chi connectivity index (χ2n) is 8.77. The highest BCUT2D eigenvalue weighted by Gasteiger charge is 2.55. The maximum atomic E-state index is 12.5. The van der Waals surface area contributed by atoms with Crippen LogP contribution in [0.4, 0.5) is 0 Å². The van der Waals surface area contributed by atoms with Crippen LogP contribution in [0.5, 0.6) is 0 Å². The van der Waals surface area contributed by atoms with Crippen LogP contribution in [0.25, 0.3) is 0 Å². The van der Waals surface area contributed by atoms with Crippen molar-refractivity contribution >= 4 is 5.97 Å². The van der Waals surface area contributed by atoms with Gasteiger partial charge in [-0.3, -0.25) is 4.79 Å². The SMILES string of the molecule is C=C1CCC[C@]2(C)C[C@@H]3OC(=O)[C@@H](CN4CCCCC4)[C@@H]3C[C@@H]12. The number of hydrogen-bond donors (Lipinski definition) is 0. The molecule has 2 aliphatic carbocycles. The Hall–Kier alpha value is -0.830. The maximum absolute atomic E-state index is 12.5. The zero-order valence-electron chi connectivity index (χ0n) is 14.6. The molecule has 0 N–H and O–H groups in total. The first-order valence-corrected chi connectivity index (χ1v) is 9.67. The van der Waals surface area contributed by atoms with E-state index in [2.05, 4.69) is 18.4 Å². The highest BCUT2D eigenvalue weighted by atomic mass is 16.6. The summed E-state index contributed by atoms with van der Waals surface area (Å²) in [5, 5.41) is 0. The highest BCUT2D eigenvalue weighted by molar-refractivity contribution is 5.75. The van der Waals surface area contributed by atoms with E-state index in [1.807, 2.05) is 0 Å². The molecule has 3 nitrogen and oxygen atoms in total. The first-order chi connectivity index (χ1) is 11.1. The number of esters is 1. The van der Waals surface area contributed by atoms with E-state index < -0.39 is 0 Å². The first-order valence-electron chi connectivity index (χ1n) is 9.67. The Balaban J connectivity index is 1.50. The summed E-state index contributed by atoms with van der Waals surface area (Å²) in [6, 6.07) is 0. The molecule has 2 aliphatic heterocycles. The van der Waals surface area contributed by atoms with Crippen molar-refractivity contribution in [3.05, 3.63) is 12.2 Å². The van der Waals surface area contributed by atoms with Gasteiger partial charge < -0.3 is 9.64 Å². The Bertz CT molecular complexity index is 496. The summed E-state index contributed by atoms with van der Waals surface area (Å²) in [4.78, 5) is 15.0. The number of rotatable bonds is 2. The van der Waals surface area contributed by atoms with Gasteiger partial charge in [0.1, 0.15) is 6.10 Å². The van der Waals surface area contributed by atoms with Crippen molar-refractivity contribution in [3.8, 4) is 0 Å². The fourth-order valence-corrected chi connectivity index (χ4v) is 5.88. The molecule has 0 bridgehead atoms. The lowest BCUT2D eigenvalue weighted by Gasteiger charge is -2.50. The van der Waals surface area contributed by atoms with Crippen molar-refractivity contribution in [3.63, 3.8) is 0 Å². The number of nitrogens with zero attached hydrogens (tertiary/aromatic N) is 1. The molecule has 2 heterocycles. The molecule has 4 rings (SSSR count). The normalized spacial score (nSPS) is 44.6. The largest absolute Gasteiger partial charge is 0.462 e. The molecule has 0 spiro atoms. The summed E-state index contributed by atoms with van der Waals surface area (Å²) in [5.41, 5.74) is 1.75. The number of fused-ring (bicyclic) bond motifs is 2. The van der Waals surface area contributed by atoms with Gasteiger partial charge in [-0.15, -0.1) is 0 Å². The standard InChI is InChI=1S/C20H31NO2/c1-14-7-6-8-20(2)12-18-15(11-17(14)20)16(19(22)23-18)13-21-9-4-3-5-10-21/h15-18H,1,3-13H2,2H3/t15-,16-,17-,18-,20+/m0/s1. The number of carbonyl (C=O) groups is 1. The van der Waals surface area contributed by atoms with Crippen LogP contribution in [0, 0.1) is 23.2 Å². The minimum atomic E-state index is 0.0819. The Morgan fingerprint density at radius 2 is 2.04 bits per heavy atom. The van der Waals surface area contributed by atoms with E-state index >= 15 is 0 Å². The second-order valence-corrected chi connectivity index (χ2v) is 8.77. The lowest BCUT2D eigenvalue weighted by atomic mass is 9.55. The molecule has 5 atom stereocenters. The fraction of sp³-hybridized carbons (Fsp3) is 0.850. The predicted molar refractivity (Wildman–Crippen MR) is 91.0 cm³/mol. The van der Waals surface area contributed by atoms with Gasteiger partial charge >= 0.3 is 5.97 Å². The molecular weight excluding hydrogens is 286 g/mol. The van der Waals surface area contributed by atoms with Gasteiger partial charge in [0.2, 0.25) is 0 Å². The van der Waals surface area contributed by atoms with E-state index in [1.54, 1.807) is 0 Å². The van der Waals surface area contributed by atoms with Crippen molar-refractivity contribution in [1.82, 2.24) is 4.90 Å². The quantitative estimate of drug-likeness (QED) is 0.573. The summed E-state index contributed by atoms with van der Waals surface area (Å²) in [5.74, 6) is 1.23. The Morgan fingerprint density at radius 1 is 1.26 bits per heavy atom. The number of carbonyl (C=O) groups excluding carboxylic acids is 1. The third-order valence-corrected chi connectivity index (χ3v) is 7.22. The molecule has 4 aliphatic rings. The molecular formula is C20H31NO2. The topological polar surface area (TPSA) is 29.5 Å². The van der Waals surface area contributed by atoms with Crippen molar-refractivity contribution in [2.24, 2.45) is 23.2 Å². The van der Waals surface area contributed by atoms with Crippen LogP contribution in [-0.2, 0) is 9.53 Å². The molecule has 0 aromatic carbocycles. The molecule has 0 aromatic rings. The van der Waals surface area contributed by atoms with Gasteiger partial charge in [0, 0.05) is 12.5 Å². The molecule has 0 unspecified atom stereocenters. The van der Waals surface area contributed by atoms with E-state index in [0.29, 0.717) is 17.3 Å². The molecule has 3 heteroatoms. The van der Waals surface area contributed by atoms with Crippen LogP contribution in [0.3, 0.4) is 0 Å². The minimum Gasteiger partial charge on any atom is -0.462 e. The van der Waals surface area contributed by atoms with Crippen LogP contribution in [0.15, 0.2) is 12.2 Å². The van der Waals surface area contributed by atoms with E-state index in [9.17, 15) is 4.79 Å². The zero-order valence-corrected chi connectivity index (χ0v) is 14.6. The van der Waals surface area contributed by atoms with Crippen LogP contribution < -0.4 is 0 Å². The summed E-state index contributed by atoms with van der Waals surface area (Å²) >= 11 is 0. The molecule has 0 radical (unpaired) electrons. The Kier molecular flexibility index (Phi) is 4.03. The Labute approximate surface area is 140 Å². The fourth-order valence-electron chi connectivity index (χ4n) is 5.88. The number of allylic oxidation sites excluding steroid dienone is 1. The van der Waals surface area contributed by atoms with E-state index in [4.69, 9.17) is 4.74 Å². The van der Waals surface area contributed by atoms with Crippen molar-refractivity contribution < 1.29 is 9.53 Å². The molecule has 128 valence electrons. The van der Waals surface area contributed by atoms with E-state index in [0.717, 1.165) is 32.5 Å². The minimum absolute atomic E-state index is 0.0819. The third kappa shape index (κ3) is 2.75. The summed E-state index contributed by atoms with van der Waals surface area (Å²) < 4.78 is 5.87. The van der Waals surface area contributed by atoms with E-state index in [-0.39, 0.29) is 18.0 Å². The zero-order chi connectivity index (χ0) is 16.0. The van der Waals surface area contributed by atoms with Gasteiger partial charge in [0.25, 0.3) is 0 Å². The van der Waals surface area contributed by atoms with Gasteiger partial charge in [-0.05, 0) is 69.4 Å². The maximum Gasteiger partial charge on any atom is 0.310 e. The van der Waals surface area contributed by atoms with Crippen molar-refractivity contribution in [1.29, 1.82) is 0 Å². The van der Waals surface area contributed by atoms with Crippen LogP contribution in [0.2, 0.25) is 0 Å². The number of likely N-dealkylation sites (tertiary alicyclic amines) is 1. The van der Waals surface area contributed by atoms with Gasteiger partial charge in [0.05, 0.1) is 5.92 Å². The molecule has 2 saturated heterocycles. The monoisotopic (exact) mass is 317 g/mol. The average Bonchev–Trinajstić information content (AvgIpc) is 2.81. The van der Waals surface area contributed by atoms with Crippen molar-refractivity contribution in [2.45, 2.75) is 64.4 Å². The summed E-state index contributed by atoms with van der Waals surface area (Å²) in [6.07, 6.45) is 9.99. The van der Waals surface area contributed by atoms with Crippen LogP contribution >= 0.6 is 0 Å². The third-order valence-electron chi connectivity index (χ3n) is 7.22. The number of hydrogen-bond acceptors (Lipinski definition) is 3. The molecule has 0 aromatic heterocycles. The van der Waals surface area contributed by atoms with Gasteiger partial charge in [0.15, 0.2) is 0 Å². The second kappa shape index (κ2) is 5.91. The first kappa shape index (κ1) is 15.7. The van der Waals surface area contributed by atoms with Crippen LogP contribution in [0.1, 0.15) is 58.3 Å². The lowest BCUT2D eigenvalue weighted by molar-refractivity contribution is -0.146. The molecule has 23 heavy (non-hydrogen) atoms. The van der Waals surface area contributed by atoms with Gasteiger partial charge in [-0.1, -0.05) is 25.5 Å². The summed E-state index contributed by atoms with van der Waals surface area (Å²) in [6.45, 7) is 10.0. The van der Waals surface area contributed by atoms with Crippen LogP contribution in [-0.4, -0.2) is 36.6 Å². The smallest absolute Gasteiger partial charge is 0.310 e. The Morgan fingerprint density at radius 3 is 2.83 bits per heavy atom. The average molecular weight is 317 g/mol. The van der Waals surface area contributed by atoms with Gasteiger partial charge in [-0.25, -0.2) is 0 Å². The van der Waals surface area contributed by atoms with Gasteiger partial charge in [-0.2, -0.15) is 0 Å². The predicted octanol–water partition coefficient (Wildman–Crippen LogP) is 3.79. The molecule has 0 amide bonds. The van der Waals surface area contributed by atoms with E-state index in [1.165, 1.54) is 44.1 Å². The molecule has 4 fully saturated rings. The number of piperidine rings is 1. The lowest BCUT2D eigenvalue weighted by Crippen LogP contribution is -2.46. The molecule has 2 saturated carbocycles. The van der Waals surface area contributed by atoms with Crippen molar-refractivity contribution in [2.75, 3.05) is 19.6 Å². The number of ether oxygens (including phenoxy) is 1. The highest BCUT2D eigenvalue weighted by Crippen LogP contribution is 2.56.